The maximum atomic E-state index is 10.4. The van der Waals surface area contributed by atoms with Crippen molar-refractivity contribution in [3.63, 3.8) is 0 Å². The molecule has 0 saturated heterocycles. The minimum Gasteiger partial charge on any atom is -0.321 e. The molecule has 0 N–H and O–H groups in total. The van der Waals surface area contributed by atoms with Gasteiger partial charge in [0, 0.05) is 5.02 Å². The molecule has 0 amide bonds. The zero-order valence-corrected chi connectivity index (χ0v) is 8.35. The van der Waals surface area contributed by atoms with Crippen LogP contribution in [-0.4, -0.2) is 16.9 Å². The average Bonchev–Trinajstić information content (AvgIpc) is 2.68. The summed E-state index contributed by atoms with van der Waals surface area (Å²) in [4.78, 5) is 14.6. The second-order valence-corrected chi connectivity index (χ2v) is 3.53. The summed E-state index contributed by atoms with van der Waals surface area (Å²) in [6, 6.07) is 6.93. The number of rotatable bonds is 2. The van der Waals surface area contributed by atoms with Gasteiger partial charge in [-0.1, -0.05) is 28.9 Å². The Kier molecular flexibility index (Phi) is 2.55. The average molecular weight is 227 g/mol. The minimum atomic E-state index is -1.06. The van der Waals surface area contributed by atoms with Gasteiger partial charge in [-0.15, -0.1) is 0 Å². The monoisotopic (exact) mass is 226 g/mol. The highest BCUT2D eigenvalue weighted by Crippen LogP contribution is 2.18. The molecule has 0 aromatic heterocycles. The lowest BCUT2D eigenvalue weighted by Crippen LogP contribution is -2.18. The van der Waals surface area contributed by atoms with Crippen molar-refractivity contribution in [2.24, 2.45) is 5.16 Å². The fourth-order valence-electron chi connectivity index (χ4n) is 1.29. The molecule has 0 radical (unpaired) electrons. The number of benzene rings is 1. The molecule has 0 aliphatic carbocycles. The van der Waals surface area contributed by atoms with Crippen LogP contribution < -0.4 is 0 Å². The molecule has 15 heavy (non-hydrogen) atoms. The summed E-state index contributed by atoms with van der Waals surface area (Å²) < 4.78 is 0. The fraction of sp³-hybridized carbons (Fsp3) is 0.222. The van der Waals surface area contributed by atoms with Gasteiger partial charge in [0.2, 0.25) is 0 Å². The summed E-state index contributed by atoms with van der Waals surface area (Å²) in [5.74, 6) is 0. The number of halogens is 1. The van der Waals surface area contributed by atoms with Gasteiger partial charge >= 0.3 is 6.23 Å². The van der Waals surface area contributed by atoms with Crippen LogP contribution in [0.15, 0.2) is 29.4 Å². The number of nitro groups is 1. The van der Waals surface area contributed by atoms with Crippen LogP contribution in [0.4, 0.5) is 0 Å². The molecular formula is C9H7ClN2O3. The maximum Gasteiger partial charge on any atom is 0.380 e. The summed E-state index contributed by atoms with van der Waals surface area (Å²) in [5.41, 5.74) is 1.37. The first-order valence-electron chi connectivity index (χ1n) is 4.29. The number of hydrogen-bond acceptors (Lipinski definition) is 4. The predicted molar refractivity (Wildman–Crippen MR) is 54.5 cm³/mol. The van der Waals surface area contributed by atoms with Crippen molar-refractivity contribution in [3.8, 4) is 0 Å². The van der Waals surface area contributed by atoms with E-state index in [2.05, 4.69) is 9.99 Å². The van der Waals surface area contributed by atoms with E-state index in [1.165, 1.54) is 0 Å². The first kappa shape index (κ1) is 9.92. The third-order valence-corrected chi connectivity index (χ3v) is 2.32. The second-order valence-electron chi connectivity index (χ2n) is 3.09. The summed E-state index contributed by atoms with van der Waals surface area (Å²) in [5, 5.41) is 14.7. The SMILES string of the molecule is O=[N+]([O-])C1CC(c2ccc(Cl)cc2)=NO1. The Morgan fingerprint density at radius 3 is 2.67 bits per heavy atom. The van der Waals surface area contributed by atoms with Gasteiger partial charge in [-0.2, -0.15) is 0 Å². The molecule has 1 aromatic carbocycles. The Morgan fingerprint density at radius 1 is 1.47 bits per heavy atom. The minimum absolute atomic E-state index is 0.189. The molecule has 0 fully saturated rings. The molecule has 1 unspecified atom stereocenters. The third-order valence-electron chi connectivity index (χ3n) is 2.07. The predicted octanol–water partition coefficient (Wildman–Crippen LogP) is 2.07. The van der Waals surface area contributed by atoms with Crippen molar-refractivity contribution >= 4 is 17.3 Å². The van der Waals surface area contributed by atoms with E-state index in [9.17, 15) is 10.1 Å². The molecular weight excluding hydrogens is 220 g/mol. The number of nitrogens with zero attached hydrogens (tertiary/aromatic N) is 2. The highest BCUT2D eigenvalue weighted by atomic mass is 35.5. The summed E-state index contributed by atoms with van der Waals surface area (Å²) in [7, 11) is 0. The van der Waals surface area contributed by atoms with Gasteiger partial charge in [0.1, 0.15) is 6.42 Å². The van der Waals surface area contributed by atoms with E-state index in [0.29, 0.717) is 10.7 Å². The summed E-state index contributed by atoms with van der Waals surface area (Å²) >= 11 is 5.72. The quantitative estimate of drug-likeness (QED) is 0.573. The molecule has 1 aromatic rings. The van der Waals surface area contributed by atoms with Gasteiger partial charge in [0.05, 0.1) is 10.6 Å². The second kappa shape index (κ2) is 3.86. The molecule has 6 heteroatoms. The van der Waals surface area contributed by atoms with E-state index >= 15 is 0 Å². The highest BCUT2D eigenvalue weighted by Gasteiger charge is 2.30. The summed E-state index contributed by atoms with van der Waals surface area (Å²) in [6.45, 7) is 0. The Morgan fingerprint density at radius 2 is 2.13 bits per heavy atom. The van der Waals surface area contributed by atoms with Crippen LogP contribution in [0, 0.1) is 10.1 Å². The van der Waals surface area contributed by atoms with E-state index in [-0.39, 0.29) is 6.42 Å². The topological polar surface area (TPSA) is 64.7 Å². The normalized spacial score (nSPS) is 19.5. The number of oxime groups is 1. The van der Waals surface area contributed by atoms with Crippen LogP contribution in [0.2, 0.25) is 5.02 Å². The largest absolute Gasteiger partial charge is 0.380 e. The zero-order valence-electron chi connectivity index (χ0n) is 7.59. The molecule has 1 heterocycles. The molecule has 0 saturated carbocycles. The molecule has 78 valence electrons. The molecule has 1 aliphatic rings. The van der Waals surface area contributed by atoms with Gasteiger partial charge in [-0.25, -0.2) is 0 Å². The Bertz CT molecular complexity index is 416. The van der Waals surface area contributed by atoms with E-state index < -0.39 is 11.2 Å². The summed E-state index contributed by atoms with van der Waals surface area (Å²) in [6.07, 6.45) is -0.870. The van der Waals surface area contributed by atoms with Crippen molar-refractivity contribution < 1.29 is 9.76 Å². The Hall–Kier alpha value is -1.62. The van der Waals surface area contributed by atoms with Crippen LogP contribution in [0.3, 0.4) is 0 Å². The van der Waals surface area contributed by atoms with Crippen molar-refractivity contribution in [3.05, 3.63) is 45.0 Å². The van der Waals surface area contributed by atoms with Crippen molar-refractivity contribution in [1.29, 1.82) is 0 Å². The van der Waals surface area contributed by atoms with E-state index in [1.807, 2.05) is 0 Å². The van der Waals surface area contributed by atoms with E-state index in [4.69, 9.17) is 11.6 Å². The van der Waals surface area contributed by atoms with Gasteiger partial charge in [-0.05, 0) is 17.7 Å². The van der Waals surface area contributed by atoms with Crippen LogP contribution in [0.1, 0.15) is 12.0 Å². The number of hydrogen-bond donors (Lipinski definition) is 0. The van der Waals surface area contributed by atoms with Crippen LogP contribution in [0.5, 0.6) is 0 Å². The van der Waals surface area contributed by atoms with E-state index in [1.54, 1.807) is 24.3 Å². The molecule has 5 nitrogen and oxygen atoms in total. The standard InChI is InChI=1S/C9H7ClN2O3/c10-7-3-1-6(2-4-7)8-5-9(12(13)14)15-11-8/h1-4,9H,5H2. The Labute approximate surface area is 90.4 Å². The van der Waals surface area contributed by atoms with Crippen molar-refractivity contribution in [2.75, 3.05) is 0 Å². The van der Waals surface area contributed by atoms with Crippen molar-refractivity contribution in [1.82, 2.24) is 0 Å². The Balaban J connectivity index is 2.14. The first-order valence-corrected chi connectivity index (χ1v) is 4.67. The molecule has 0 spiro atoms. The van der Waals surface area contributed by atoms with Gasteiger partial charge in [0.15, 0.2) is 0 Å². The lowest BCUT2D eigenvalue weighted by Gasteiger charge is -1.98. The van der Waals surface area contributed by atoms with Crippen molar-refractivity contribution in [2.45, 2.75) is 12.6 Å². The molecule has 1 atom stereocenters. The van der Waals surface area contributed by atoms with E-state index in [0.717, 1.165) is 5.56 Å². The zero-order chi connectivity index (χ0) is 10.8. The van der Waals surface area contributed by atoms with Crippen LogP contribution in [0.25, 0.3) is 0 Å². The maximum absolute atomic E-state index is 10.4. The van der Waals surface area contributed by atoms with Gasteiger partial charge in [0.25, 0.3) is 0 Å². The molecule has 2 rings (SSSR count). The highest BCUT2D eigenvalue weighted by molar-refractivity contribution is 6.30. The third kappa shape index (κ3) is 2.07. The lowest BCUT2D eigenvalue weighted by atomic mass is 10.1. The van der Waals surface area contributed by atoms with Gasteiger partial charge in [-0.3, -0.25) is 10.1 Å². The smallest absolute Gasteiger partial charge is 0.321 e. The molecule has 1 aliphatic heterocycles. The first-order chi connectivity index (χ1) is 7.16. The van der Waals surface area contributed by atoms with Gasteiger partial charge < -0.3 is 4.84 Å². The lowest BCUT2D eigenvalue weighted by molar-refractivity contribution is -0.571. The van der Waals surface area contributed by atoms with Crippen LogP contribution >= 0.6 is 11.6 Å². The van der Waals surface area contributed by atoms with Crippen LogP contribution in [-0.2, 0) is 4.84 Å². The fourth-order valence-corrected chi connectivity index (χ4v) is 1.42. The molecule has 0 bridgehead atoms.